The lowest BCUT2D eigenvalue weighted by atomic mass is 9.49. The first kappa shape index (κ1) is 28.0. The van der Waals surface area contributed by atoms with Gasteiger partial charge in [0.25, 0.3) is 5.56 Å². The van der Waals surface area contributed by atoms with Gasteiger partial charge in [-0.15, -0.1) is 0 Å². The van der Waals surface area contributed by atoms with E-state index in [-0.39, 0.29) is 17.9 Å². The number of carbonyl (C=O) groups excluding carboxylic acids is 2. The van der Waals surface area contributed by atoms with E-state index in [9.17, 15) is 14.4 Å². The minimum absolute atomic E-state index is 0.218. The molecule has 2 N–H and O–H groups in total. The van der Waals surface area contributed by atoms with E-state index in [1.54, 1.807) is 6.92 Å². The number of imide groups is 1. The van der Waals surface area contributed by atoms with E-state index in [1.165, 1.54) is 69.0 Å². The Kier molecular flexibility index (Phi) is 7.59. The van der Waals surface area contributed by atoms with E-state index in [1.807, 2.05) is 18.2 Å². The van der Waals surface area contributed by atoms with Crippen molar-refractivity contribution in [2.75, 3.05) is 51.1 Å². The molecule has 1 aromatic carbocycles. The smallest absolute Gasteiger partial charge is 0.264 e. The first-order valence-electron chi connectivity index (χ1n) is 16.4. The van der Waals surface area contributed by atoms with Crippen molar-refractivity contribution in [2.24, 2.45) is 23.2 Å². The molecule has 1 unspecified atom stereocenters. The molecular formula is C33H46N6O3. The van der Waals surface area contributed by atoms with Gasteiger partial charge in [0.05, 0.1) is 10.9 Å². The number of hydrogen-bond acceptors (Lipinski definition) is 7. The highest BCUT2D eigenvalue weighted by Crippen LogP contribution is 2.61. The van der Waals surface area contributed by atoms with E-state index >= 15 is 0 Å². The molecule has 1 atom stereocenters. The van der Waals surface area contributed by atoms with Gasteiger partial charge < -0.3 is 15.1 Å². The Hall–Kier alpha value is -2.78. The highest BCUT2D eigenvalue weighted by molar-refractivity contribution is 5.99. The summed E-state index contributed by atoms with van der Waals surface area (Å²) in [7, 11) is 0. The van der Waals surface area contributed by atoms with Crippen LogP contribution in [0.15, 0.2) is 23.0 Å². The number of carbonyl (C=O) groups is 2. The quantitative estimate of drug-likeness (QED) is 0.464. The molecule has 226 valence electrons. The lowest BCUT2D eigenvalue weighted by Gasteiger charge is -2.57. The van der Waals surface area contributed by atoms with Gasteiger partial charge in [0.1, 0.15) is 11.9 Å². The van der Waals surface area contributed by atoms with Crippen molar-refractivity contribution in [3.63, 3.8) is 0 Å². The molecule has 2 saturated heterocycles. The summed E-state index contributed by atoms with van der Waals surface area (Å²) in [6.45, 7) is 9.19. The Balaban J connectivity index is 0.955. The standard InChI is InChI=1S/C33H46N6O3/c1-22-35-27-5-2-4-26(30(27)32(42)39(22)28-6-7-29(40)36-31(28)41)34-9-13-38-11-3-10-37(14-15-38)12-8-33-19-23-16-24(20-33)18-25(17-23)21-33/h2,4-5,23-25,28,34H,3,6-21H2,1H3,(H,36,40,41). The van der Waals surface area contributed by atoms with Crippen LogP contribution < -0.4 is 16.2 Å². The molecule has 8 rings (SSSR count). The second kappa shape index (κ2) is 11.4. The van der Waals surface area contributed by atoms with Crippen LogP contribution in [0.2, 0.25) is 0 Å². The fourth-order valence-corrected chi connectivity index (χ4v) is 9.61. The second-order valence-electron chi connectivity index (χ2n) is 14.1. The monoisotopic (exact) mass is 574 g/mol. The van der Waals surface area contributed by atoms with Crippen molar-refractivity contribution in [3.8, 4) is 0 Å². The zero-order chi connectivity index (χ0) is 28.8. The summed E-state index contributed by atoms with van der Waals surface area (Å²) >= 11 is 0. The number of nitrogens with one attached hydrogen (secondary N) is 2. The summed E-state index contributed by atoms with van der Waals surface area (Å²) in [6.07, 6.45) is 12.2. The van der Waals surface area contributed by atoms with Crippen molar-refractivity contribution >= 4 is 28.4 Å². The Morgan fingerprint density at radius 1 is 0.952 bits per heavy atom. The fraction of sp³-hybridized carbons (Fsp3) is 0.697. The third-order valence-corrected chi connectivity index (χ3v) is 11.2. The van der Waals surface area contributed by atoms with Gasteiger partial charge >= 0.3 is 0 Å². The third-order valence-electron chi connectivity index (χ3n) is 11.2. The Morgan fingerprint density at radius 2 is 1.64 bits per heavy atom. The number of rotatable bonds is 8. The van der Waals surface area contributed by atoms with Crippen molar-refractivity contribution in [1.29, 1.82) is 0 Å². The zero-order valence-electron chi connectivity index (χ0n) is 25.1. The van der Waals surface area contributed by atoms with E-state index in [2.05, 4.69) is 25.4 Å². The molecule has 2 amide bonds. The first-order chi connectivity index (χ1) is 20.4. The molecule has 2 aromatic rings. The number of benzene rings is 1. The maximum atomic E-state index is 13.7. The maximum absolute atomic E-state index is 13.7. The maximum Gasteiger partial charge on any atom is 0.264 e. The minimum atomic E-state index is -0.719. The number of fused-ring (bicyclic) bond motifs is 1. The van der Waals surface area contributed by atoms with E-state index in [4.69, 9.17) is 0 Å². The summed E-state index contributed by atoms with van der Waals surface area (Å²) in [5.74, 6) is 2.85. The van der Waals surface area contributed by atoms with E-state index in [0.717, 1.165) is 56.2 Å². The van der Waals surface area contributed by atoms with Crippen LogP contribution in [0.1, 0.15) is 76.1 Å². The topological polar surface area (TPSA) is 99.6 Å². The lowest BCUT2D eigenvalue weighted by molar-refractivity contribution is -0.135. The average Bonchev–Trinajstić information content (AvgIpc) is 3.17. The molecule has 9 heteroatoms. The van der Waals surface area contributed by atoms with Crippen LogP contribution in [-0.2, 0) is 9.59 Å². The van der Waals surface area contributed by atoms with Gasteiger partial charge in [-0.1, -0.05) is 6.07 Å². The molecular weight excluding hydrogens is 528 g/mol. The second-order valence-corrected chi connectivity index (χ2v) is 14.1. The first-order valence-corrected chi connectivity index (χ1v) is 16.4. The highest BCUT2D eigenvalue weighted by Gasteiger charge is 2.50. The van der Waals surface area contributed by atoms with Gasteiger partial charge in [-0.25, -0.2) is 4.98 Å². The fourth-order valence-electron chi connectivity index (χ4n) is 9.61. The summed E-state index contributed by atoms with van der Waals surface area (Å²) < 4.78 is 1.46. The predicted octanol–water partition coefficient (Wildman–Crippen LogP) is 3.71. The van der Waals surface area contributed by atoms with E-state index < -0.39 is 11.9 Å². The van der Waals surface area contributed by atoms with Gasteiger partial charge in [-0.2, -0.15) is 0 Å². The predicted molar refractivity (Wildman–Crippen MR) is 163 cm³/mol. The molecule has 4 aliphatic carbocycles. The minimum Gasteiger partial charge on any atom is -0.383 e. The number of anilines is 1. The molecule has 0 spiro atoms. The SMILES string of the molecule is Cc1nc2cccc(NCCN3CCCN(CCC45CC6CC(CC(C6)C4)C5)CC3)c2c(=O)n1C1CCC(=O)NC1=O. The number of hydrogen-bond donors (Lipinski definition) is 2. The number of amides is 2. The van der Waals surface area contributed by atoms with Gasteiger partial charge in [0.15, 0.2) is 0 Å². The summed E-state index contributed by atoms with van der Waals surface area (Å²) in [5.41, 5.74) is 1.79. The van der Waals surface area contributed by atoms with Crippen molar-refractivity contribution in [3.05, 3.63) is 34.4 Å². The van der Waals surface area contributed by atoms with Crippen LogP contribution in [0.5, 0.6) is 0 Å². The number of aromatic nitrogens is 2. The van der Waals surface area contributed by atoms with Crippen molar-refractivity contribution < 1.29 is 9.59 Å². The molecule has 3 heterocycles. The lowest BCUT2D eigenvalue weighted by Crippen LogP contribution is -2.47. The molecule has 9 nitrogen and oxygen atoms in total. The highest BCUT2D eigenvalue weighted by atomic mass is 16.2. The van der Waals surface area contributed by atoms with Crippen LogP contribution in [0.4, 0.5) is 5.69 Å². The van der Waals surface area contributed by atoms with Crippen LogP contribution in [-0.4, -0.2) is 77.0 Å². The molecule has 1 aromatic heterocycles. The number of piperidine rings is 1. The Labute approximate surface area is 248 Å². The molecule has 4 saturated carbocycles. The number of aryl methyl sites for hydroxylation is 1. The van der Waals surface area contributed by atoms with Gasteiger partial charge in [-0.3, -0.25) is 24.3 Å². The molecule has 6 aliphatic rings. The third kappa shape index (κ3) is 5.50. The van der Waals surface area contributed by atoms with Crippen LogP contribution in [0.3, 0.4) is 0 Å². The average molecular weight is 575 g/mol. The van der Waals surface area contributed by atoms with Gasteiger partial charge in [0, 0.05) is 38.3 Å². The summed E-state index contributed by atoms with van der Waals surface area (Å²) in [5, 5.41) is 6.38. The molecule has 2 aliphatic heterocycles. The summed E-state index contributed by atoms with van der Waals surface area (Å²) in [4.78, 5) is 47.9. The largest absolute Gasteiger partial charge is 0.383 e. The van der Waals surface area contributed by atoms with Crippen LogP contribution in [0, 0.1) is 30.1 Å². The Bertz CT molecular complexity index is 1380. The number of nitrogens with zero attached hydrogens (tertiary/aromatic N) is 4. The van der Waals surface area contributed by atoms with Crippen LogP contribution in [0.25, 0.3) is 10.9 Å². The summed E-state index contributed by atoms with van der Waals surface area (Å²) in [6, 6.07) is 4.96. The normalized spacial score (nSPS) is 31.8. The van der Waals surface area contributed by atoms with E-state index in [0.29, 0.717) is 28.6 Å². The van der Waals surface area contributed by atoms with Gasteiger partial charge in [0.2, 0.25) is 11.8 Å². The molecule has 0 radical (unpaired) electrons. The van der Waals surface area contributed by atoms with Crippen molar-refractivity contribution in [2.45, 2.75) is 77.2 Å². The van der Waals surface area contributed by atoms with Crippen LogP contribution >= 0.6 is 0 Å². The van der Waals surface area contributed by atoms with Gasteiger partial charge in [-0.05, 0) is 120 Å². The zero-order valence-corrected chi connectivity index (χ0v) is 25.1. The Morgan fingerprint density at radius 3 is 2.33 bits per heavy atom. The molecule has 4 bridgehead atoms. The molecule has 6 fully saturated rings. The molecule has 42 heavy (non-hydrogen) atoms. The van der Waals surface area contributed by atoms with Crippen molar-refractivity contribution in [1.82, 2.24) is 24.7 Å².